The molecule has 6 nitrogen and oxygen atoms in total. The Morgan fingerprint density at radius 3 is 2.74 bits per heavy atom. The van der Waals surface area contributed by atoms with E-state index in [1.807, 2.05) is 48.7 Å². The van der Waals surface area contributed by atoms with Crippen LogP contribution in [0.15, 0.2) is 18.2 Å². The smallest absolute Gasteiger partial charge is 0.317 e. The van der Waals surface area contributed by atoms with Crippen molar-refractivity contribution in [3.05, 3.63) is 40.8 Å². The number of amides is 2. The van der Waals surface area contributed by atoms with Crippen molar-refractivity contribution < 1.29 is 4.79 Å². The first-order valence-electron chi connectivity index (χ1n) is 7.98. The van der Waals surface area contributed by atoms with Gasteiger partial charge in [0.2, 0.25) is 0 Å². The van der Waals surface area contributed by atoms with E-state index in [0.717, 1.165) is 36.5 Å². The molecule has 0 aromatic carbocycles. The van der Waals surface area contributed by atoms with Crippen LogP contribution in [0.3, 0.4) is 0 Å². The quantitative estimate of drug-likeness (QED) is 0.926. The Morgan fingerprint density at radius 1 is 1.30 bits per heavy atom. The molecule has 2 amide bonds. The van der Waals surface area contributed by atoms with E-state index in [0.29, 0.717) is 5.82 Å². The molecule has 2 aromatic rings. The van der Waals surface area contributed by atoms with Crippen molar-refractivity contribution in [2.75, 3.05) is 11.9 Å². The molecule has 1 fully saturated rings. The third kappa shape index (κ3) is 2.93. The van der Waals surface area contributed by atoms with E-state index in [4.69, 9.17) is 0 Å². The van der Waals surface area contributed by atoms with Crippen molar-refractivity contribution in [3.8, 4) is 0 Å². The Bertz CT molecular complexity index is 737. The summed E-state index contributed by atoms with van der Waals surface area (Å²) in [6.07, 6.45) is 1.98. The molecule has 1 aliphatic rings. The number of nitrogens with zero attached hydrogens (tertiary/aromatic N) is 4. The highest BCUT2D eigenvalue weighted by atomic mass is 16.2. The van der Waals surface area contributed by atoms with Gasteiger partial charge in [0, 0.05) is 30.5 Å². The van der Waals surface area contributed by atoms with E-state index in [9.17, 15) is 4.79 Å². The van der Waals surface area contributed by atoms with E-state index in [2.05, 4.69) is 22.3 Å². The summed E-state index contributed by atoms with van der Waals surface area (Å²) in [5, 5.41) is 7.41. The van der Waals surface area contributed by atoms with Gasteiger partial charge in [0.05, 0.1) is 11.7 Å². The van der Waals surface area contributed by atoms with Gasteiger partial charge < -0.3 is 4.90 Å². The minimum atomic E-state index is -0.0896. The molecule has 0 aliphatic carbocycles. The Hall–Kier alpha value is -2.37. The lowest BCUT2D eigenvalue weighted by molar-refractivity contribution is 0.206. The molecule has 0 unspecified atom stereocenters. The molecule has 122 valence electrons. The van der Waals surface area contributed by atoms with Gasteiger partial charge in [-0.25, -0.2) is 9.78 Å². The zero-order valence-corrected chi connectivity index (χ0v) is 14.1. The van der Waals surface area contributed by atoms with Crippen molar-refractivity contribution in [2.45, 2.75) is 39.7 Å². The predicted molar refractivity (Wildman–Crippen MR) is 89.4 cm³/mol. The van der Waals surface area contributed by atoms with Gasteiger partial charge in [-0.3, -0.25) is 10.00 Å². The summed E-state index contributed by atoms with van der Waals surface area (Å²) in [4.78, 5) is 18.9. The third-order valence-corrected chi connectivity index (χ3v) is 4.54. The molecular weight excluding hydrogens is 290 g/mol. The molecule has 6 heteroatoms. The molecule has 3 heterocycles. The van der Waals surface area contributed by atoms with Crippen LogP contribution in [0.5, 0.6) is 0 Å². The molecule has 3 rings (SSSR count). The first-order chi connectivity index (χ1) is 11.0. The van der Waals surface area contributed by atoms with E-state index < -0.39 is 0 Å². The fourth-order valence-electron chi connectivity index (χ4n) is 3.38. The zero-order chi connectivity index (χ0) is 16.6. The number of hydrogen-bond donors (Lipinski definition) is 1. The summed E-state index contributed by atoms with van der Waals surface area (Å²) >= 11 is 0. The van der Waals surface area contributed by atoms with Crippen molar-refractivity contribution in [1.29, 1.82) is 0 Å². The van der Waals surface area contributed by atoms with E-state index in [-0.39, 0.29) is 12.1 Å². The number of urea groups is 1. The van der Waals surface area contributed by atoms with Gasteiger partial charge >= 0.3 is 6.03 Å². The van der Waals surface area contributed by atoms with Crippen LogP contribution < -0.4 is 5.32 Å². The van der Waals surface area contributed by atoms with Crippen molar-refractivity contribution in [1.82, 2.24) is 19.7 Å². The van der Waals surface area contributed by atoms with Crippen LogP contribution in [-0.2, 0) is 7.05 Å². The van der Waals surface area contributed by atoms with Crippen molar-refractivity contribution in [3.63, 3.8) is 0 Å². The van der Waals surface area contributed by atoms with Crippen LogP contribution in [0.4, 0.5) is 10.6 Å². The summed E-state index contributed by atoms with van der Waals surface area (Å²) in [6, 6.07) is 5.63. The molecule has 0 spiro atoms. The highest BCUT2D eigenvalue weighted by Crippen LogP contribution is 2.35. The highest BCUT2D eigenvalue weighted by Gasteiger charge is 2.33. The van der Waals surface area contributed by atoms with Crippen LogP contribution in [0.1, 0.15) is 41.5 Å². The van der Waals surface area contributed by atoms with Gasteiger partial charge in [-0.1, -0.05) is 6.07 Å². The minimum Gasteiger partial charge on any atom is -0.317 e. The molecular formula is C17H23N5O. The Balaban J connectivity index is 1.82. The average Bonchev–Trinajstić information content (AvgIpc) is 3.04. The molecule has 0 saturated carbocycles. The van der Waals surface area contributed by atoms with Gasteiger partial charge in [0.15, 0.2) is 0 Å². The second kappa shape index (κ2) is 6.02. The molecule has 1 saturated heterocycles. The minimum absolute atomic E-state index is 0.0896. The number of likely N-dealkylation sites (tertiary alicyclic amines) is 1. The van der Waals surface area contributed by atoms with Crippen molar-refractivity contribution in [2.24, 2.45) is 7.05 Å². The predicted octanol–water partition coefficient (Wildman–Crippen LogP) is 3.11. The van der Waals surface area contributed by atoms with E-state index in [1.54, 1.807) is 0 Å². The topological polar surface area (TPSA) is 63.1 Å². The maximum atomic E-state index is 12.7. The molecule has 2 aromatic heterocycles. The van der Waals surface area contributed by atoms with Gasteiger partial charge in [0.25, 0.3) is 0 Å². The summed E-state index contributed by atoms with van der Waals surface area (Å²) in [5.41, 5.74) is 4.20. The largest absolute Gasteiger partial charge is 0.323 e. The summed E-state index contributed by atoms with van der Waals surface area (Å²) < 4.78 is 1.89. The third-order valence-electron chi connectivity index (χ3n) is 4.54. The van der Waals surface area contributed by atoms with E-state index in [1.165, 1.54) is 5.56 Å². The standard InChI is InChI=1S/C17H23N5O/c1-11-7-5-9-15(18-11)19-17(23)22-10-6-8-14(22)16-12(2)20-21(4)13(16)3/h5,7,9,14H,6,8,10H2,1-4H3,(H,18,19,23)/t14-/m1/s1. The molecule has 0 radical (unpaired) electrons. The molecule has 1 N–H and O–H groups in total. The average molecular weight is 313 g/mol. The van der Waals surface area contributed by atoms with Crippen LogP contribution in [0.2, 0.25) is 0 Å². The van der Waals surface area contributed by atoms with Crippen LogP contribution in [0, 0.1) is 20.8 Å². The lowest BCUT2D eigenvalue weighted by atomic mass is 10.0. The monoisotopic (exact) mass is 313 g/mol. The Morgan fingerprint density at radius 2 is 2.09 bits per heavy atom. The molecule has 1 atom stereocenters. The van der Waals surface area contributed by atoms with Crippen LogP contribution >= 0.6 is 0 Å². The summed E-state index contributed by atoms with van der Waals surface area (Å²) in [7, 11) is 1.95. The summed E-state index contributed by atoms with van der Waals surface area (Å²) in [6.45, 7) is 6.75. The maximum absolute atomic E-state index is 12.7. The van der Waals surface area contributed by atoms with Crippen molar-refractivity contribution >= 4 is 11.8 Å². The normalized spacial score (nSPS) is 17.6. The SMILES string of the molecule is Cc1cccc(NC(=O)N2CCC[C@@H]2c2c(C)nn(C)c2C)n1. The number of anilines is 1. The number of nitrogens with one attached hydrogen (secondary N) is 1. The number of carbonyl (C=O) groups excluding carboxylic acids is 1. The van der Waals surface area contributed by atoms with E-state index >= 15 is 0 Å². The number of pyridine rings is 1. The second-order valence-corrected chi connectivity index (χ2v) is 6.15. The molecule has 1 aliphatic heterocycles. The number of aromatic nitrogens is 3. The number of aryl methyl sites for hydroxylation is 3. The molecule has 0 bridgehead atoms. The highest BCUT2D eigenvalue weighted by molar-refractivity contribution is 5.88. The van der Waals surface area contributed by atoms with Gasteiger partial charge in [-0.2, -0.15) is 5.10 Å². The Labute approximate surface area is 136 Å². The Kier molecular flexibility index (Phi) is 4.07. The lowest BCUT2D eigenvalue weighted by Gasteiger charge is -2.25. The first kappa shape index (κ1) is 15.5. The van der Waals surface area contributed by atoms with Gasteiger partial charge in [-0.05, 0) is 45.7 Å². The zero-order valence-electron chi connectivity index (χ0n) is 14.1. The number of rotatable bonds is 2. The number of hydrogen-bond acceptors (Lipinski definition) is 3. The maximum Gasteiger partial charge on any atom is 0.323 e. The lowest BCUT2D eigenvalue weighted by Crippen LogP contribution is -2.35. The first-order valence-corrected chi connectivity index (χ1v) is 7.98. The fraction of sp³-hybridized carbons (Fsp3) is 0.471. The van der Waals surface area contributed by atoms with Gasteiger partial charge in [0.1, 0.15) is 5.82 Å². The van der Waals surface area contributed by atoms with Gasteiger partial charge in [-0.15, -0.1) is 0 Å². The summed E-state index contributed by atoms with van der Waals surface area (Å²) in [5.74, 6) is 0.597. The van der Waals surface area contributed by atoms with Crippen LogP contribution in [0.25, 0.3) is 0 Å². The van der Waals surface area contributed by atoms with Crippen LogP contribution in [-0.4, -0.2) is 32.2 Å². The second-order valence-electron chi connectivity index (χ2n) is 6.15. The molecule has 23 heavy (non-hydrogen) atoms. The fourth-order valence-corrected chi connectivity index (χ4v) is 3.38. The number of carbonyl (C=O) groups is 1.